The lowest BCUT2D eigenvalue weighted by Gasteiger charge is -2.10. The highest BCUT2D eigenvalue weighted by molar-refractivity contribution is 5.46. The molecule has 0 bridgehead atoms. The summed E-state index contributed by atoms with van der Waals surface area (Å²) in [5, 5.41) is 6.47. The van der Waals surface area contributed by atoms with E-state index in [2.05, 4.69) is 20.6 Å². The SMILES string of the molecule is Cc1cc(NCc2ccc(F)cc2)nc(NCc2ccc3c(c2)OCO3)n1. The van der Waals surface area contributed by atoms with E-state index in [-0.39, 0.29) is 12.6 Å². The smallest absolute Gasteiger partial charge is 0.231 e. The molecular formula is C20H19FN4O2. The third kappa shape index (κ3) is 4.25. The van der Waals surface area contributed by atoms with Crippen molar-refractivity contribution < 1.29 is 13.9 Å². The second-order valence-corrected chi connectivity index (χ2v) is 6.24. The third-order valence-corrected chi connectivity index (χ3v) is 4.13. The Balaban J connectivity index is 1.40. The number of anilines is 2. The Bertz CT molecular complexity index is 947. The molecule has 3 aromatic rings. The van der Waals surface area contributed by atoms with Gasteiger partial charge in [0, 0.05) is 24.8 Å². The summed E-state index contributed by atoms with van der Waals surface area (Å²) < 4.78 is 23.7. The number of hydrogen-bond donors (Lipinski definition) is 2. The van der Waals surface area contributed by atoms with Crippen LogP contribution in [0.15, 0.2) is 48.5 Å². The molecule has 1 aliphatic rings. The van der Waals surface area contributed by atoms with Crippen LogP contribution in [0.4, 0.5) is 16.2 Å². The van der Waals surface area contributed by atoms with E-state index in [1.54, 1.807) is 12.1 Å². The normalized spacial score (nSPS) is 12.1. The first-order valence-electron chi connectivity index (χ1n) is 8.62. The van der Waals surface area contributed by atoms with Crippen molar-refractivity contribution in [1.82, 2.24) is 9.97 Å². The Morgan fingerprint density at radius 2 is 1.63 bits per heavy atom. The van der Waals surface area contributed by atoms with Crippen LogP contribution < -0.4 is 20.1 Å². The lowest BCUT2D eigenvalue weighted by molar-refractivity contribution is 0.174. The van der Waals surface area contributed by atoms with Crippen LogP contribution in [-0.2, 0) is 13.1 Å². The predicted octanol–water partition coefficient (Wildman–Crippen LogP) is 3.88. The zero-order chi connectivity index (χ0) is 18.6. The summed E-state index contributed by atoms with van der Waals surface area (Å²) in [5.74, 6) is 2.51. The molecule has 0 radical (unpaired) electrons. The molecule has 1 aliphatic heterocycles. The monoisotopic (exact) mass is 366 g/mol. The van der Waals surface area contributed by atoms with Gasteiger partial charge in [-0.1, -0.05) is 18.2 Å². The van der Waals surface area contributed by atoms with Gasteiger partial charge in [-0.15, -0.1) is 0 Å². The zero-order valence-electron chi connectivity index (χ0n) is 14.8. The molecule has 0 amide bonds. The number of rotatable bonds is 6. The van der Waals surface area contributed by atoms with E-state index in [9.17, 15) is 4.39 Å². The summed E-state index contributed by atoms with van der Waals surface area (Å²) in [6.45, 7) is 3.29. The molecule has 6 nitrogen and oxygen atoms in total. The first kappa shape index (κ1) is 17.1. The lowest BCUT2D eigenvalue weighted by atomic mass is 10.2. The van der Waals surface area contributed by atoms with Crippen molar-refractivity contribution in [3.05, 3.63) is 71.2 Å². The molecule has 0 saturated carbocycles. The van der Waals surface area contributed by atoms with Crippen molar-refractivity contribution in [2.45, 2.75) is 20.0 Å². The Morgan fingerprint density at radius 1 is 0.889 bits per heavy atom. The van der Waals surface area contributed by atoms with Crippen LogP contribution in [0.25, 0.3) is 0 Å². The maximum absolute atomic E-state index is 13.0. The summed E-state index contributed by atoms with van der Waals surface area (Å²) in [6.07, 6.45) is 0. The summed E-state index contributed by atoms with van der Waals surface area (Å²) >= 11 is 0. The van der Waals surface area contributed by atoms with Crippen molar-refractivity contribution in [1.29, 1.82) is 0 Å². The van der Waals surface area contributed by atoms with Gasteiger partial charge in [0.05, 0.1) is 0 Å². The van der Waals surface area contributed by atoms with E-state index >= 15 is 0 Å². The lowest BCUT2D eigenvalue weighted by Crippen LogP contribution is -2.08. The Labute approximate surface area is 156 Å². The summed E-state index contributed by atoms with van der Waals surface area (Å²) in [4.78, 5) is 8.91. The van der Waals surface area contributed by atoms with Crippen LogP contribution >= 0.6 is 0 Å². The minimum atomic E-state index is -0.244. The number of hydrogen-bond acceptors (Lipinski definition) is 6. The quantitative estimate of drug-likeness (QED) is 0.690. The average Bonchev–Trinajstić information content (AvgIpc) is 3.13. The molecule has 2 N–H and O–H groups in total. The van der Waals surface area contributed by atoms with Gasteiger partial charge in [0.15, 0.2) is 11.5 Å². The molecule has 0 aliphatic carbocycles. The molecule has 7 heteroatoms. The van der Waals surface area contributed by atoms with Gasteiger partial charge >= 0.3 is 0 Å². The Hall–Kier alpha value is -3.35. The second kappa shape index (κ2) is 7.49. The van der Waals surface area contributed by atoms with E-state index in [4.69, 9.17) is 9.47 Å². The topological polar surface area (TPSA) is 68.3 Å². The van der Waals surface area contributed by atoms with Crippen molar-refractivity contribution in [3.63, 3.8) is 0 Å². The molecule has 0 atom stereocenters. The highest BCUT2D eigenvalue weighted by atomic mass is 19.1. The number of nitrogens with one attached hydrogen (secondary N) is 2. The van der Waals surface area contributed by atoms with Crippen molar-refractivity contribution in [2.75, 3.05) is 17.4 Å². The van der Waals surface area contributed by atoms with Gasteiger partial charge < -0.3 is 20.1 Å². The van der Waals surface area contributed by atoms with Crippen LogP contribution in [0.2, 0.25) is 0 Å². The fourth-order valence-corrected chi connectivity index (χ4v) is 2.77. The van der Waals surface area contributed by atoms with E-state index in [0.717, 1.165) is 28.3 Å². The molecule has 1 aromatic heterocycles. The van der Waals surface area contributed by atoms with E-state index in [0.29, 0.717) is 24.9 Å². The van der Waals surface area contributed by atoms with E-state index in [1.165, 1.54) is 12.1 Å². The van der Waals surface area contributed by atoms with Gasteiger partial charge in [-0.3, -0.25) is 0 Å². The van der Waals surface area contributed by atoms with Gasteiger partial charge in [-0.25, -0.2) is 9.37 Å². The number of fused-ring (bicyclic) bond motifs is 1. The summed E-state index contributed by atoms with van der Waals surface area (Å²) in [6, 6.07) is 14.1. The van der Waals surface area contributed by atoms with Gasteiger partial charge in [0.1, 0.15) is 11.6 Å². The minimum absolute atomic E-state index is 0.244. The summed E-state index contributed by atoms with van der Waals surface area (Å²) in [5.41, 5.74) is 2.87. The summed E-state index contributed by atoms with van der Waals surface area (Å²) in [7, 11) is 0. The van der Waals surface area contributed by atoms with Gasteiger partial charge in [0.25, 0.3) is 0 Å². The zero-order valence-corrected chi connectivity index (χ0v) is 14.8. The molecule has 0 fully saturated rings. The fraction of sp³-hybridized carbons (Fsp3) is 0.200. The third-order valence-electron chi connectivity index (χ3n) is 4.13. The molecule has 2 aromatic carbocycles. The molecular weight excluding hydrogens is 347 g/mol. The Kier molecular flexibility index (Phi) is 4.74. The fourth-order valence-electron chi connectivity index (χ4n) is 2.77. The van der Waals surface area contributed by atoms with Gasteiger partial charge in [0.2, 0.25) is 12.7 Å². The highest BCUT2D eigenvalue weighted by Gasteiger charge is 2.13. The van der Waals surface area contributed by atoms with Gasteiger partial charge in [-0.2, -0.15) is 4.98 Å². The molecule has 2 heterocycles. The van der Waals surface area contributed by atoms with Crippen molar-refractivity contribution in [2.24, 2.45) is 0 Å². The number of aromatic nitrogens is 2. The van der Waals surface area contributed by atoms with Crippen LogP contribution in [0.3, 0.4) is 0 Å². The Morgan fingerprint density at radius 3 is 2.48 bits per heavy atom. The number of ether oxygens (including phenoxy) is 2. The second-order valence-electron chi connectivity index (χ2n) is 6.24. The largest absolute Gasteiger partial charge is 0.454 e. The first-order valence-corrected chi connectivity index (χ1v) is 8.62. The van der Waals surface area contributed by atoms with Crippen LogP contribution in [0.5, 0.6) is 11.5 Å². The molecule has 4 rings (SSSR count). The molecule has 27 heavy (non-hydrogen) atoms. The first-order chi connectivity index (χ1) is 13.2. The van der Waals surface area contributed by atoms with Crippen LogP contribution in [-0.4, -0.2) is 16.8 Å². The maximum Gasteiger partial charge on any atom is 0.231 e. The van der Waals surface area contributed by atoms with E-state index in [1.807, 2.05) is 31.2 Å². The molecule has 138 valence electrons. The average molecular weight is 366 g/mol. The molecule has 0 spiro atoms. The molecule has 0 saturated heterocycles. The number of aryl methyl sites for hydroxylation is 1. The van der Waals surface area contributed by atoms with Gasteiger partial charge in [-0.05, 0) is 42.3 Å². The number of benzene rings is 2. The predicted molar refractivity (Wildman–Crippen MR) is 100 cm³/mol. The van der Waals surface area contributed by atoms with Crippen molar-refractivity contribution in [3.8, 4) is 11.5 Å². The van der Waals surface area contributed by atoms with Crippen LogP contribution in [0.1, 0.15) is 16.8 Å². The highest BCUT2D eigenvalue weighted by Crippen LogP contribution is 2.32. The number of halogens is 1. The minimum Gasteiger partial charge on any atom is -0.454 e. The molecule has 0 unspecified atom stereocenters. The van der Waals surface area contributed by atoms with Crippen molar-refractivity contribution >= 4 is 11.8 Å². The maximum atomic E-state index is 13.0. The number of nitrogens with zero attached hydrogens (tertiary/aromatic N) is 2. The van der Waals surface area contributed by atoms with Crippen LogP contribution in [0, 0.1) is 12.7 Å². The standard InChI is InChI=1S/C20H19FN4O2/c1-13-8-19(22-10-14-2-5-16(21)6-3-14)25-20(24-13)23-11-15-4-7-17-18(9-15)27-12-26-17/h2-9H,10-12H2,1H3,(H2,22,23,24,25). The van der Waals surface area contributed by atoms with E-state index < -0.39 is 0 Å².